The zero-order chi connectivity index (χ0) is 32.0. The highest BCUT2D eigenvalue weighted by Crippen LogP contribution is 2.36. The molecule has 0 aliphatic rings. The van der Waals surface area contributed by atoms with Gasteiger partial charge in [0.1, 0.15) is 40.3 Å². The van der Waals surface area contributed by atoms with Gasteiger partial charge in [0.2, 0.25) is 0 Å². The molecule has 0 fully saturated rings. The Kier molecular flexibility index (Phi) is 9.80. The summed E-state index contributed by atoms with van der Waals surface area (Å²) >= 11 is 0. The summed E-state index contributed by atoms with van der Waals surface area (Å²) in [5, 5.41) is 0. The van der Waals surface area contributed by atoms with Crippen LogP contribution in [-0.4, -0.2) is 6.61 Å². The first-order chi connectivity index (χ1) is 20.9. The second kappa shape index (κ2) is 13.5. The van der Waals surface area contributed by atoms with Crippen LogP contribution in [0.4, 0.5) is 39.5 Å². The molecule has 0 N–H and O–H groups in total. The Bertz CT molecular complexity index is 1740. The van der Waals surface area contributed by atoms with E-state index in [0.29, 0.717) is 42.2 Å². The number of alkyl halides is 2. The van der Waals surface area contributed by atoms with E-state index < -0.39 is 69.3 Å². The summed E-state index contributed by atoms with van der Waals surface area (Å²) < 4.78 is 137. The van der Waals surface area contributed by atoms with E-state index in [-0.39, 0.29) is 17.7 Å². The zero-order valence-electron chi connectivity index (χ0n) is 22.6. The van der Waals surface area contributed by atoms with Crippen LogP contribution in [0.25, 0.3) is 0 Å². The van der Waals surface area contributed by atoms with E-state index in [1.54, 1.807) is 24.3 Å². The number of rotatable bonds is 7. The fourth-order valence-electron chi connectivity index (χ4n) is 3.73. The third-order valence-corrected chi connectivity index (χ3v) is 5.88. The summed E-state index contributed by atoms with van der Waals surface area (Å²) in [7, 11) is 0. The molecule has 0 aliphatic heterocycles. The van der Waals surface area contributed by atoms with Crippen LogP contribution in [0.15, 0.2) is 60.7 Å². The molecule has 4 rings (SSSR count). The van der Waals surface area contributed by atoms with E-state index in [0.717, 1.165) is 12.8 Å². The molecule has 0 spiro atoms. The molecule has 0 bridgehead atoms. The first kappa shape index (κ1) is 31.9. The van der Waals surface area contributed by atoms with E-state index in [4.69, 9.17) is 4.74 Å². The molecule has 11 heteroatoms. The van der Waals surface area contributed by atoms with E-state index in [1.165, 1.54) is 0 Å². The smallest absolute Gasteiger partial charge is 0.432 e. The molecule has 0 saturated carbocycles. The molecule has 0 atom stereocenters. The van der Waals surface area contributed by atoms with E-state index in [1.807, 2.05) is 18.8 Å². The lowest BCUT2D eigenvalue weighted by Crippen LogP contribution is -2.25. The molecular formula is C33H19F9O2. The third-order valence-electron chi connectivity index (χ3n) is 5.88. The SMILES string of the molecule is CCCCOc1ccc(C#Cc2cc(F)c(C(F)(F)Oc3cc(F)c(C#Cc4cc(F)c(F)c(F)c4)c(F)c3)c(F)c2)cc1. The molecule has 4 aromatic rings. The molecule has 44 heavy (non-hydrogen) atoms. The van der Waals surface area contributed by atoms with Crippen molar-refractivity contribution in [3.05, 3.63) is 129 Å². The highest BCUT2D eigenvalue weighted by molar-refractivity contribution is 5.48. The molecule has 0 unspecified atom stereocenters. The Morgan fingerprint density at radius 2 is 1.09 bits per heavy atom. The van der Waals surface area contributed by atoms with Gasteiger partial charge in [-0.3, -0.25) is 0 Å². The van der Waals surface area contributed by atoms with Crippen molar-refractivity contribution in [3.63, 3.8) is 0 Å². The molecule has 0 amide bonds. The first-order valence-electron chi connectivity index (χ1n) is 12.8. The molecular weight excluding hydrogens is 599 g/mol. The Hall–Kier alpha value is -5.03. The maximum Gasteiger partial charge on any atom is 0.432 e. The van der Waals surface area contributed by atoms with Crippen molar-refractivity contribution < 1.29 is 49.0 Å². The molecule has 226 valence electrons. The lowest BCUT2D eigenvalue weighted by Gasteiger charge is -2.20. The van der Waals surface area contributed by atoms with Crippen molar-refractivity contribution in [2.24, 2.45) is 0 Å². The molecule has 0 aliphatic carbocycles. The van der Waals surface area contributed by atoms with Crippen molar-refractivity contribution in [1.82, 2.24) is 0 Å². The molecule has 0 heterocycles. The van der Waals surface area contributed by atoms with Gasteiger partial charge in [-0.2, -0.15) is 8.78 Å². The number of unbranched alkanes of at least 4 members (excludes halogenated alkanes) is 1. The number of halogens is 9. The van der Waals surface area contributed by atoms with Crippen molar-refractivity contribution >= 4 is 0 Å². The Morgan fingerprint density at radius 1 is 0.591 bits per heavy atom. The van der Waals surface area contributed by atoms with Gasteiger partial charge < -0.3 is 9.47 Å². The van der Waals surface area contributed by atoms with Crippen LogP contribution in [0, 0.1) is 64.4 Å². The number of ether oxygens (including phenoxy) is 2. The van der Waals surface area contributed by atoms with Gasteiger partial charge in [0.05, 0.1) is 12.2 Å². The summed E-state index contributed by atoms with van der Waals surface area (Å²) in [6, 6.07) is 9.09. The van der Waals surface area contributed by atoms with Crippen molar-refractivity contribution in [2.45, 2.75) is 25.9 Å². The minimum absolute atomic E-state index is 0.266. The predicted octanol–water partition coefficient (Wildman–Crippen LogP) is 8.77. The maximum absolute atomic E-state index is 14.8. The van der Waals surface area contributed by atoms with Gasteiger partial charge in [0, 0.05) is 28.8 Å². The minimum atomic E-state index is -4.73. The number of hydrogen-bond acceptors (Lipinski definition) is 2. The zero-order valence-corrected chi connectivity index (χ0v) is 22.6. The number of benzene rings is 4. The van der Waals surface area contributed by atoms with E-state index in [2.05, 4.69) is 16.6 Å². The molecule has 0 radical (unpaired) electrons. The quantitative estimate of drug-likeness (QED) is 0.0893. The normalized spacial score (nSPS) is 10.9. The van der Waals surface area contributed by atoms with Gasteiger partial charge >= 0.3 is 6.11 Å². The van der Waals surface area contributed by atoms with E-state index >= 15 is 0 Å². The summed E-state index contributed by atoms with van der Waals surface area (Å²) in [5.74, 6) is -3.03. The maximum atomic E-state index is 14.8. The Labute approximate surface area is 246 Å². The highest BCUT2D eigenvalue weighted by atomic mass is 19.3. The van der Waals surface area contributed by atoms with Crippen LogP contribution in [0.1, 0.15) is 47.6 Å². The monoisotopic (exact) mass is 618 g/mol. The van der Waals surface area contributed by atoms with Crippen LogP contribution in [-0.2, 0) is 6.11 Å². The van der Waals surface area contributed by atoms with Crippen LogP contribution in [0.3, 0.4) is 0 Å². The van der Waals surface area contributed by atoms with Gasteiger partial charge in [0.15, 0.2) is 17.5 Å². The lowest BCUT2D eigenvalue weighted by molar-refractivity contribution is -0.189. The average Bonchev–Trinajstić information content (AvgIpc) is 2.94. The second-order valence-corrected chi connectivity index (χ2v) is 9.18. The van der Waals surface area contributed by atoms with Crippen molar-refractivity contribution in [3.8, 4) is 35.2 Å². The van der Waals surface area contributed by atoms with E-state index in [9.17, 15) is 39.5 Å². The topological polar surface area (TPSA) is 18.5 Å². The van der Waals surface area contributed by atoms with Crippen molar-refractivity contribution in [2.75, 3.05) is 6.61 Å². The average molecular weight is 618 g/mol. The third kappa shape index (κ3) is 7.67. The van der Waals surface area contributed by atoms with Crippen LogP contribution >= 0.6 is 0 Å². The Balaban J connectivity index is 1.52. The van der Waals surface area contributed by atoms with Gasteiger partial charge in [-0.25, -0.2) is 30.7 Å². The van der Waals surface area contributed by atoms with Gasteiger partial charge in [0.25, 0.3) is 0 Å². The second-order valence-electron chi connectivity index (χ2n) is 9.18. The van der Waals surface area contributed by atoms with Crippen molar-refractivity contribution in [1.29, 1.82) is 0 Å². The highest BCUT2D eigenvalue weighted by Gasteiger charge is 2.41. The lowest BCUT2D eigenvalue weighted by atomic mass is 10.1. The Morgan fingerprint density at radius 3 is 1.64 bits per heavy atom. The molecule has 0 aromatic heterocycles. The standard InChI is InChI=1S/C33H19F9O2/c1-2-3-12-43-22-9-6-19(7-10-22)4-5-20-13-27(36)31(28(37)14-20)33(41,42)44-23-17-25(34)24(26(35)18-23)11-8-21-15-29(38)32(40)30(39)16-21/h6-7,9-10,13-18H,2-3,12H2,1H3. The van der Waals surface area contributed by atoms with Gasteiger partial charge in [-0.05, 0) is 55.0 Å². The summed E-state index contributed by atoms with van der Waals surface area (Å²) in [4.78, 5) is 0. The molecule has 4 aromatic carbocycles. The van der Waals surface area contributed by atoms with Crippen LogP contribution in [0.2, 0.25) is 0 Å². The largest absolute Gasteiger partial charge is 0.494 e. The first-order valence-corrected chi connectivity index (χ1v) is 12.8. The number of hydrogen-bond donors (Lipinski definition) is 0. The fourth-order valence-corrected chi connectivity index (χ4v) is 3.73. The van der Waals surface area contributed by atoms with Gasteiger partial charge in [-0.15, -0.1) is 0 Å². The molecule has 0 saturated heterocycles. The summed E-state index contributed by atoms with van der Waals surface area (Å²) in [6.45, 7) is 2.56. The fraction of sp³-hybridized carbons (Fsp3) is 0.152. The van der Waals surface area contributed by atoms with Crippen LogP contribution < -0.4 is 9.47 Å². The minimum Gasteiger partial charge on any atom is -0.494 e. The molecule has 2 nitrogen and oxygen atoms in total. The van der Waals surface area contributed by atoms with Crippen LogP contribution in [0.5, 0.6) is 11.5 Å². The van der Waals surface area contributed by atoms with Gasteiger partial charge in [-0.1, -0.05) is 37.0 Å². The predicted molar refractivity (Wildman–Crippen MR) is 142 cm³/mol. The summed E-state index contributed by atoms with van der Waals surface area (Å²) in [6.07, 6.45) is -2.89. The summed E-state index contributed by atoms with van der Waals surface area (Å²) in [5.41, 5.74) is -3.13.